The molecule has 0 bridgehead atoms. The molecule has 2 unspecified atom stereocenters. The van der Waals surface area contributed by atoms with Crippen molar-refractivity contribution < 1.29 is 23.8 Å². The molecular formula is C29H26N2O5. The molecular weight excluding hydrogens is 456 g/mol. The van der Waals surface area contributed by atoms with Crippen LogP contribution >= 0.6 is 0 Å². The zero-order valence-electron chi connectivity index (χ0n) is 20.0. The highest BCUT2D eigenvalue weighted by atomic mass is 16.5. The molecule has 1 aliphatic carbocycles. The fourth-order valence-corrected chi connectivity index (χ4v) is 4.87. The van der Waals surface area contributed by atoms with E-state index < -0.39 is 5.92 Å². The van der Waals surface area contributed by atoms with Crippen molar-refractivity contribution in [2.24, 2.45) is 0 Å². The fraction of sp³-hybridized carbons (Fsp3) is 0.276. The van der Waals surface area contributed by atoms with Gasteiger partial charge in [0.1, 0.15) is 23.3 Å². The molecule has 7 heteroatoms. The summed E-state index contributed by atoms with van der Waals surface area (Å²) in [6.07, 6.45) is 3.19. The summed E-state index contributed by atoms with van der Waals surface area (Å²) in [6, 6.07) is 20.6. The second-order valence-electron chi connectivity index (χ2n) is 9.02. The van der Waals surface area contributed by atoms with E-state index in [0.29, 0.717) is 41.4 Å². The van der Waals surface area contributed by atoms with Crippen molar-refractivity contribution in [1.82, 2.24) is 5.32 Å². The second kappa shape index (κ2) is 10.1. The number of benzene rings is 3. The number of carbonyl (C=O) groups excluding carboxylic acids is 2. The van der Waals surface area contributed by atoms with Crippen LogP contribution in [0.4, 0.5) is 0 Å². The molecule has 7 nitrogen and oxygen atoms in total. The number of aryl methyl sites for hydroxylation is 1. The molecule has 3 aromatic rings. The second-order valence-corrected chi connectivity index (χ2v) is 9.02. The minimum Gasteiger partial charge on any atom is -0.493 e. The highest BCUT2D eigenvalue weighted by molar-refractivity contribution is 5.94. The lowest BCUT2D eigenvalue weighted by atomic mass is 9.88. The van der Waals surface area contributed by atoms with Crippen molar-refractivity contribution in [1.29, 1.82) is 5.26 Å². The minimum absolute atomic E-state index is 0.103. The molecule has 2 aliphatic rings. The lowest BCUT2D eigenvalue weighted by Gasteiger charge is -2.25. The van der Waals surface area contributed by atoms with Crippen molar-refractivity contribution in [3.05, 3.63) is 88.5 Å². The van der Waals surface area contributed by atoms with E-state index in [0.717, 1.165) is 19.3 Å². The lowest BCUT2D eigenvalue weighted by molar-refractivity contribution is -0.143. The maximum Gasteiger partial charge on any atom is 0.313 e. The number of ether oxygens (including phenoxy) is 3. The third-order valence-corrected chi connectivity index (χ3v) is 6.78. The number of nitriles is 1. The Bertz CT molecular complexity index is 1340. The third kappa shape index (κ3) is 4.76. The van der Waals surface area contributed by atoms with E-state index in [-0.39, 0.29) is 23.5 Å². The first-order valence-corrected chi connectivity index (χ1v) is 12.0. The molecule has 0 fully saturated rings. The van der Waals surface area contributed by atoms with Crippen LogP contribution in [0.15, 0.2) is 60.7 Å². The first-order valence-electron chi connectivity index (χ1n) is 12.0. The number of hydrogen-bond donors (Lipinski definition) is 1. The van der Waals surface area contributed by atoms with E-state index in [1.807, 2.05) is 6.07 Å². The summed E-state index contributed by atoms with van der Waals surface area (Å²) in [5, 5.41) is 12.8. The van der Waals surface area contributed by atoms with Gasteiger partial charge >= 0.3 is 5.97 Å². The Balaban J connectivity index is 1.28. The van der Waals surface area contributed by atoms with Gasteiger partial charge in [0.2, 0.25) is 0 Å². The predicted octanol–water partition coefficient (Wildman–Crippen LogP) is 4.68. The quantitative estimate of drug-likeness (QED) is 0.531. The Hall–Kier alpha value is -4.31. The average Bonchev–Trinajstić information content (AvgIpc) is 2.92. The van der Waals surface area contributed by atoms with E-state index in [2.05, 4.69) is 29.6 Å². The summed E-state index contributed by atoms with van der Waals surface area (Å²) >= 11 is 0. The van der Waals surface area contributed by atoms with Gasteiger partial charge < -0.3 is 19.5 Å². The van der Waals surface area contributed by atoms with E-state index in [4.69, 9.17) is 14.2 Å². The molecule has 5 rings (SSSR count). The van der Waals surface area contributed by atoms with Crippen molar-refractivity contribution >= 4 is 11.9 Å². The number of hydrogen-bond acceptors (Lipinski definition) is 6. The van der Waals surface area contributed by atoms with Crippen LogP contribution < -0.4 is 14.8 Å². The molecule has 1 amide bonds. The molecule has 2 atom stereocenters. The molecule has 0 saturated heterocycles. The molecule has 0 aromatic heterocycles. The summed E-state index contributed by atoms with van der Waals surface area (Å²) in [6.45, 7) is 0.370. The highest BCUT2D eigenvalue weighted by Gasteiger charge is 2.30. The first-order chi connectivity index (χ1) is 17.6. The zero-order valence-corrected chi connectivity index (χ0v) is 20.0. The molecule has 36 heavy (non-hydrogen) atoms. The summed E-state index contributed by atoms with van der Waals surface area (Å²) < 4.78 is 16.6. The number of carbonyl (C=O) groups is 2. The van der Waals surface area contributed by atoms with Crippen LogP contribution in [0.5, 0.6) is 17.2 Å². The van der Waals surface area contributed by atoms with Crippen LogP contribution in [-0.2, 0) is 22.4 Å². The molecule has 0 radical (unpaired) electrons. The summed E-state index contributed by atoms with van der Waals surface area (Å²) in [5.41, 5.74) is 4.09. The monoisotopic (exact) mass is 482 g/mol. The van der Waals surface area contributed by atoms with Gasteiger partial charge in [-0.15, -0.1) is 0 Å². The zero-order chi connectivity index (χ0) is 25.1. The van der Waals surface area contributed by atoms with Gasteiger partial charge in [-0.1, -0.05) is 24.3 Å². The predicted molar refractivity (Wildman–Crippen MR) is 132 cm³/mol. The molecule has 1 N–H and O–H groups in total. The number of nitrogens with zero attached hydrogens (tertiary/aromatic N) is 1. The SMILES string of the molecule is COC(=O)C1CCOc2cc(Oc3ccc(C(=O)NC4CCc5ccccc5C4)cc3)c(C#N)cc21. The van der Waals surface area contributed by atoms with Crippen LogP contribution in [0.3, 0.4) is 0 Å². The summed E-state index contributed by atoms with van der Waals surface area (Å²) in [4.78, 5) is 25.0. The number of nitrogens with one attached hydrogen (secondary N) is 1. The van der Waals surface area contributed by atoms with Crippen molar-refractivity contribution in [2.45, 2.75) is 37.6 Å². The van der Waals surface area contributed by atoms with E-state index in [1.165, 1.54) is 18.2 Å². The Morgan fingerprint density at radius 3 is 2.58 bits per heavy atom. The standard InChI is InChI=1S/C29H26N2O5/c1-34-29(33)24-12-13-35-27-16-26(21(17-30)15-25(24)27)36-23-10-7-19(8-11-23)28(32)31-22-9-6-18-4-2-3-5-20(18)14-22/h2-5,7-8,10-11,15-16,22,24H,6,9,12-14H2,1H3,(H,31,32). The highest BCUT2D eigenvalue weighted by Crippen LogP contribution is 2.40. The number of amides is 1. The van der Waals surface area contributed by atoms with Gasteiger partial charge in [0, 0.05) is 23.2 Å². The van der Waals surface area contributed by atoms with E-state index in [9.17, 15) is 14.9 Å². The molecule has 0 spiro atoms. The number of esters is 1. The largest absolute Gasteiger partial charge is 0.493 e. The molecule has 1 aliphatic heterocycles. The van der Waals surface area contributed by atoms with Crippen molar-refractivity contribution in [2.75, 3.05) is 13.7 Å². The molecule has 1 heterocycles. The van der Waals surface area contributed by atoms with E-state index >= 15 is 0 Å². The lowest BCUT2D eigenvalue weighted by Crippen LogP contribution is -2.38. The average molecular weight is 483 g/mol. The van der Waals surface area contributed by atoms with Crippen LogP contribution in [0, 0.1) is 11.3 Å². The van der Waals surface area contributed by atoms with Crippen molar-refractivity contribution in [3.63, 3.8) is 0 Å². The Kier molecular flexibility index (Phi) is 6.59. The maximum atomic E-state index is 12.8. The van der Waals surface area contributed by atoms with Crippen molar-refractivity contribution in [3.8, 4) is 23.3 Å². The van der Waals surface area contributed by atoms with Gasteiger partial charge in [0.15, 0.2) is 0 Å². The number of rotatable bonds is 5. The Morgan fingerprint density at radius 2 is 1.83 bits per heavy atom. The van der Waals surface area contributed by atoms with Gasteiger partial charge in [-0.3, -0.25) is 9.59 Å². The third-order valence-electron chi connectivity index (χ3n) is 6.78. The smallest absolute Gasteiger partial charge is 0.313 e. The molecule has 3 aromatic carbocycles. The first kappa shape index (κ1) is 23.4. The Labute approximate surface area is 209 Å². The van der Waals surface area contributed by atoms with Crippen LogP contribution in [0.1, 0.15) is 51.4 Å². The number of methoxy groups -OCH3 is 1. The molecule has 182 valence electrons. The Morgan fingerprint density at radius 1 is 1.06 bits per heavy atom. The van der Waals surface area contributed by atoms with Crippen LogP contribution in [0.25, 0.3) is 0 Å². The minimum atomic E-state index is -0.477. The summed E-state index contributed by atoms with van der Waals surface area (Å²) in [5.74, 6) is 0.337. The summed E-state index contributed by atoms with van der Waals surface area (Å²) in [7, 11) is 1.35. The van der Waals surface area contributed by atoms with Crippen LogP contribution in [0.2, 0.25) is 0 Å². The normalized spacial score (nSPS) is 18.0. The topological polar surface area (TPSA) is 97.7 Å². The fourth-order valence-electron chi connectivity index (χ4n) is 4.87. The van der Waals surface area contributed by atoms with Gasteiger partial charge in [-0.05, 0) is 67.1 Å². The van der Waals surface area contributed by atoms with Gasteiger partial charge in [-0.25, -0.2) is 0 Å². The number of fused-ring (bicyclic) bond motifs is 2. The van der Waals surface area contributed by atoms with E-state index in [1.54, 1.807) is 36.4 Å². The maximum absolute atomic E-state index is 12.8. The van der Waals surface area contributed by atoms with Crippen LogP contribution in [-0.4, -0.2) is 31.6 Å². The molecule has 0 saturated carbocycles. The van der Waals surface area contributed by atoms with Gasteiger partial charge in [-0.2, -0.15) is 5.26 Å². The van der Waals surface area contributed by atoms with Gasteiger partial charge in [0.25, 0.3) is 5.91 Å². The van der Waals surface area contributed by atoms with Gasteiger partial charge in [0.05, 0.1) is 25.2 Å².